The van der Waals surface area contributed by atoms with Gasteiger partial charge >= 0.3 is 0 Å². The van der Waals surface area contributed by atoms with E-state index in [-0.39, 0.29) is 43.1 Å². The van der Waals surface area contributed by atoms with Gasteiger partial charge in [0.25, 0.3) is 0 Å². The maximum atomic E-state index is 12.8. The molecule has 9 heteroatoms. The summed E-state index contributed by atoms with van der Waals surface area (Å²) in [5.74, 6) is -0.248. The Bertz CT molecular complexity index is 1060. The number of nitrogens with one attached hydrogen (secondary N) is 2. The second-order valence-electron chi connectivity index (χ2n) is 8.13. The van der Waals surface area contributed by atoms with E-state index in [0.717, 1.165) is 5.56 Å². The molecule has 2 aromatic carbocycles. The molecule has 8 nitrogen and oxygen atoms in total. The molecule has 1 atom stereocenters. The Morgan fingerprint density at radius 3 is 2.55 bits per heavy atom. The van der Waals surface area contributed by atoms with Crippen molar-refractivity contribution < 1.29 is 23.9 Å². The van der Waals surface area contributed by atoms with Gasteiger partial charge in [0.05, 0.1) is 30.8 Å². The van der Waals surface area contributed by atoms with E-state index in [1.165, 1.54) is 19.1 Å². The highest BCUT2D eigenvalue weighted by molar-refractivity contribution is 6.32. The first-order valence-corrected chi connectivity index (χ1v) is 11.0. The number of nitrogens with zero attached hydrogens (tertiary/aromatic N) is 1. The summed E-state index contributed by atoms with van der Waals surface area (Å²) in [6.07, 6.45) is 0.0864. The van der Waals surface area contributed by atoms with Crippen LogP contribution in [0.25, 0.3) is 0 Å². The molecule has 0 aromatic heterocycles. The Morgan fingerprint density at radius 1 is 1.15 bits per heavy atom. The van der Waals surface area contributed by atoms with Gasteiger partial charge in [-0.05, 0) is 23.8 Å². The second-order valence-corrected chi connectivity index (χ2v) is 8.53. The molecule has 3 amide bonds. The van der Waals surface area contributed by atoms with Crippen molar-refractivity contribution in [3.05, 3.63) is 47.0 Å². The standard InChI is InChI=1S/C24H28ClN3O5/c1-14(2)23(30)27-17-7-5-6-15(8-17)12-26-24(31)16-9-22(29)28(13-16)19-10-18(25)20(32-3)11-21(19)33-4/h5-8,10-11,14,16H,9,12-13H2,1-4H3,(H,26,31)(H,27,30)/t16-/m0/s1. The van der Waals surface area contributed by atoms with Crippen LogP contribution in [0.4, 0.5) is 11.4 Å². The lowest BCUT2D eigenvalue weighted by Gasteiger charge is -2.21. The van der Waals surface area contributed by atoms with Crippen LogP contribution in [-0.2, 0) is 20.9 Å². The third-order valence-corrected chi connectivity index (χ3v) is 5.72. The molecular weight excluding hydrogens is 446 g/mol. The van der Waals surface area contributed by atoms with Crippen LogP contribution in [0.2, 0.25) is 5.02 Å². The highest BCUT2D eigenvalue weighted by Gasteiger charge is 2.36. The third kappa shape index (κ3) is 5.76. The summed E-state index contributed by atoms with van der Waals surface area (Å²) in [7, 11) is 2.99. The lowest BCUT2D eigenvalue weighted by Crippen LogP contribution is -2.32. The minimum atomic E-state index is -0.507. The number of hydrogen-bond donors (Lipinski definition) is 2. The van der Waals surface area contributed by atoms with Gasteiger partial charge in [-0.15, -0.1) is 0 Å². The van der Waals surface area contributed by atoms with Gasteiger partial charge in [-0.3, -0.25) is 14.4 Å². The molecule has 1 fully saturated rings. The Labute approximate surface area is 198 Å². The minimum Gasteiger partial charge on any atom is -0.495 e. The first-order valence-electron chi connectivity index (χ1n) is 10.6. The SMILES string of the molecule is COc1cc(OC)c(N2C[C@@H](C(=O)NCc3cccc(NC(=O)C(C)C)c3)CC2=O)cc1Cl. The van der Waals surface area contributed by atoms with Gasteiger partial charge in [-0.25, -0.2) is 0 Å². The summed E-state index contributed by atoms with van der Waals surface area (Å²) in [6, 6.07) is 10.5. The Kier molecular flexibility index (Phi) is 7.81. The fourth-order valence-electron chi connectivity index (χ4n) is 3.55. The zero-order valence-corrected chi connectivity index (χ0v) is 19.9. The predicted octanol–water partition coefficient (Wildman–Crippen LogP) is 3.62. The van der Waals surface area contributed by atoms with Crippen molar-refractivity contribution in [1.29, 1.82) is 0 Å². The molecule has 2 N–H and O–H groups in total. The van der Waals surface area contributed by atoms with Crippen molar-refractivity contribution in [2.45, 2.75) is 26.8 Å². The molecule has 2 aromatic rings. The molecule has 176 valence electrons. The lowest BCUT2D eigenvalue weighted by atomic mass is 10.1. The third-order valence-electron chi connectivity index (χ3n) is 5.43. The summed E-state index contributed by atoms with van der Waals surface area (Å²) >= 11 is 6.24. The number of amides is 3. The molecule has 0 saturated carbocycles. The van der Waals surface area contributed by atoms with Crippen LogP contribution in [-0.4, -0.2) is 38.5 Å². The highest BCUT2D eigenvalue weighted by atomic mass is 35.5. The van der Waals surface area contributed by atoms with Gasteiger partial charge in [-0.2, -0.15) is 0 Å². The maximum absolute atomic E-state index is 12.8. The fourth-order valence-corrected chi connectivity index (χ4v) is 3.79. The van der Waals surface area contributed by atoms with Crippen molar-refractivity contribution >= 4 is 40.7 Å². The summed E-state index contributed by atoms with van der Waals surface area (Å²) in [5.41, 5.74) is 2.01. The van der Waals surface area contributed by atoms with Crippen molar-refractivity contribution in [3.8, 4) is 11.5 Å². The van der Waals surface area contributed by atoms with Crippen LogP contribution < -0.4 is 25.0 Å². The van der Waals surface area contributed by atoms with Crippen LogP contribution in [0, 0.1) is 11.8 Å². The van der Waals surface area contributed by atoms with E-state index in [1.54, 1.807) is 18.2 Å². The molecule has 0 radical (unpaired) electrons. The molecule has 0 unspecified atom stereocenters. The van der Waals surface area contributed by atoms with Crippen LogP contribution in [0.3, 0.4) is 0 Å². The smallest absolute Gasteiger partial charge is 0.227 e. The van der Waals surface area contributed by atoms with Crippen molar-refractivity contribution in [2.75, 3.05) is 31.0 Å². The number of ether oxygens (including phenoxy) is 2. The molecule has 1 aliphatic rings. The Morgan fingerprint density at radius 2 is 1.88 bits per heavy atom. The average molecular weight is 474 g/mol. The highest BCUT2D eigenvalue weighted by Crippen LogP contribution is 2.40. The zero-order chi connectivity index (χ0) is 24.1. The van der Waals surface area contributed by atoms with E-state index in [0.29, 0.717) is 27.9 Å². The van der Waals surface area contributed by atoms with Crippen LogP contribution in [0.5, 0.6) is 11.5 Å². The second kappa shape index (κ2) is 10.6. The topological polar surface area (TPSA) is 97.0 Å². The summed E-state index contributed by atoms with van der Waals surface area (Å²) < 4.78 is 10.6. The van der Waals surface area contributed by atoms with E-state index in [4.69, 9.17) is 21.1 Å². The summed E-state index contributed by atoms with van der Waals surface area (Å²) in [5, 5.41) is 6.08. The number of hydrogen-bond acceptors (Lipinski definition) is 5. The van der Waals surface area contributed by atoms with Crippen LogP contribution >= 0.6 is 11.6 Å². The molecular formula is C24H28ClN3O5. The van der Waals surface area contributed by atoms with E-state index in [1.807, 2.05) is 32.0 Å². The summed E-state index contributed by atoms with van der Waals surface area (Å²) in [4.78, 5) is 38.9. The number of benzene rings is 2. The van der Waals surface area contributed by atoms with Gasteiger partial charge in [0.15, 0.2) is 0 Å². The normalized spacial score (nSPS) is 15.5. The first kappa shape index (κ1) is 24.4. The van der Waals surface area contributed by atoms with E-state index >= 15 is 0 Å². The Hall–Kier alpha value is -3.26. The van der Waals surface area contributed by atoms with Gasteiger partial charge in [-0.1, -0.05) is 37.6 Å². The quantitative estimate of drug-likeness (QED) is 0.610. The molecule has 3 rings (SSSR count). The average Bonchev–Trinajstić information content (AvgIpc) is 3.18. The molecule has 1 saturated heterocycles. The largest absolute Gasteiger partial charge is 0.495 e. The monoisotopic (exact) mass is 473 g/mol. The van der Waals surface area contributed by atoms with Crippen molar-refractivity contribution in [3.63, 3.8) is 0 Å². The molecule has 33 heavy (non-hydrogen) atoms. The molecule has 0 bridgehead atoms. The molecule has 1 heterocycles. The molecule has 0 spiro atoms. The minimum absolute atomic E-state index is 0.0743. The van der Waals surface area contributed by atoms with Crippen LogP contribution in [0.15, 0.2) is 36.4 Å². The van der Waals surface area contributed by atoms with Crippen molar-refractivity contribution in [1.82, 2.24) is 5.32 Å². The van der Waals surface area contributed by atoms with Gasteiger partial charge in [0.2, 0.25) is 17.7 Å². The number of carbonyl (C=O) groups excluding carboxylic acids is 3. The first-order chi connectivity index (χ1) is 15.7. The summed E-state index contributed by atoms with van der Waals surface area (Å²) in [6.45, 7) is 4.14. The molecule has 1 aliphatic heterocycles. The number of anilines is 2. The van der Waals surface area contributed by atoms with Gasteiger partial charge in [0.1, 0.15) is 11.5 Å². The maximum Gasteiger partial charge on any atom is 0.227 e. The van der Waals surface area contributed by atoms with Gasteiger partial charge in [0, 0.05) is 37.2 Å². The van der Waals surface area contributed by atoms with Gasteiger partial charge < -0.3 is 25.0 Å². The van der Waals surface area contributed by atoms with Crippen LogP contribution in [0.1, 0.15) is 25.8 Å². The van der Waals surface area contributed by atoms with E-state index in [2.05, 4.69) is 10.6 Å². The number of methoxy groups -OCH3 is 2. The zero-order valence-electron chi connectivity index (χ0n) is 19.1. The number of rotatable bonds is 8. The van der Waals surface area contributed by atoms with E-state index in [9.17, 15) is 14.4 Å². The van der Waals surface area contributed by atoms with E-state index < -0.39 is 5.92 Å². The molecule has 0 aliphatic carbocycles. The fraction of sp³-hybridized carbons (Fsp3) is 0.375. The number of halogens is 1. The number of carbonyl (C=O) groups is 3. The Balaban J connectivity index is 1.65. The predicted molar refractivity (Wildman–Crippen MR) is 127 cm³/mol. The lowest BCUT2D eigenvalue weighted by molar-refractivity contribution is -0.126. The van der Waals surface area contributed by atoms with Crippen molar-refractivity contribution in [2.24, 2.45) is 11.8 Å².